The number of carbonyl (C=O) groups is 2. The van der Waals surface area contributed by atoms with Crippen molar-refractivity contribution in [3.05, 3.63) is 23.2 Å². The molecule has 1 aliphatic rings. The van der Waals surface area contributed by atoms with Crippen molar-refractivity contribution in [2.24, 2.45) is 0 Å². The van der Waals surface area contributed by atoms with Crippen LogP contribution < -0.4 is 10.6 Å². The number of rotatable bonds is 4. The van der Waals surface area contributed by atoms with Crippen molar-refractivity contribution in [3.8, 4) is 0 Å². The van der Waals surface area contributed by atoms with E-state index in [1.807, 2.05) is 0 Å². The summed E-state index contributed by atoms with van der Waals surface area (Å²) in [6, 6.07) is 1.46. The molecule has 3 N–H and O–H groups in total. The molecule has 1 fully saturated rings. The molecule has 1 aromatic heterocycles. The highest BCUT2D eigenvalue weighted by Crippen LogP contribution is 2.17. The molecule has 0 aliphatic heterocycles. The van der Waals surface area contributed by atoms with Crippen molar-refractivity contribution in [2.75, 3.05) is 0 Å². The smallest absolute Gasteiger partial charge is 0.339 e. The summed E-state index contributed by atoms with van der Waals surface area (Å²) >= 11 is 0. The van der Waals surface area contributed by atoms with Crippen LogP contribution in [0.25, 0.3) is 0 Å². The van der Waals surface area contributed by atoms with Crippen molar-refractivity contribution >= 4 is 12.0 Å². The molecule has 21 heavy (non-hydrogen) atoms. The van der Waals surface area contributed by atoms with E-state index in [0.29, 0.717) is 11.5 Å². The largest absolute Gasteiger partial charge is 0.478 e. The van der Waals surface area contributed by atoms with Crippen molar-refractivity contribution in [1.29, 1.82) is 0 Å². The highest BCUT2D eigenvalue weighted by atomic mass is 16.4. The first-order chi connectivity index (χ1) is 10.1. The van der Waals surface area contributed by atoms with Gasteiger partial charge in [-0.25, -0.2) is 9.59 Å². The molecule has 6 heteroatoms. The van der Waals surface area contributed by atoms with E-state index in [1.165, 1.54) is 18.9 Å². The Morgan fingerprint density at radius 2 is 1.95 bits per heavy atom. The van der Waals surface area contributed by atoms with Crippen LogP contribution >= 0.6 is 0 Å². The maximum absolute atomic E-state index is 11.8. The van der Waals surface area contributed by atoms with Crippen LogP contribution in [0.5, 0.6) is 0 Å². The SMILES string of the molecule is Cc1oc(CNC(=O)NC2CCCCCC2)cc1C(=O)O. The topological polar surface area (TPSA) is 91.6 Å². The molecule has 2 amide bonds. The Bertz CT molecular complexity index is 502. The van der Waals surface area contributed by atoms with E-state index in [2.05, 4.69) is 10.6 Å². The molecule has 1 aliphatic carbocycles. The van der Waals surface area contributed by atoms with Gasteiger partial charge < -0.3 is 20.2 Å². The first-order valence-electron chi connectivity index (χ1n) is 7.43. The summed E-state index contributed by atoms with van der Waals surface area (Å²) in [6.45, 7) is 1.78. The third-order valence-corrected chi connectivity index (χ3v) is 3.81. The number of hydrogen-bond donors (Lipinski definition) is 3. The van der Waals surface area contributed by atoms with Crippen LogP contribution in [0.4, 0.5) is 4.79 Å². The lowest BCUT2D eigenvalue weighted by Crippen LogP contribution is -2.41. The number of urea groups is 1. The molecular formula is C15H22N2O4. The van der Waals surface area contributed by atoms with Gasteiger partial charge in [0.2, 0.25) is 0 Å². The normalized spacial score (nSPS) is 16.2. The second-order valence-electron chi connectivity index (χ2n) is 5.50. The zero-order valence-corrected chi connectivity index (χ0v) is 12.3. The predicted octanol–water partition coefficient (Wildman–Crippen LogP) is 2.81. The Morgan fingerprint density at radius 3 is 2.52 bits per heavy atom. The third kappa shape index (κ3) is 4.51. The molecule has 116 valence electrons. The van der Waals surface area contributed by atoms with Crippen LogP contribution in [0.2, 0.25) is 0 Å². The van der Waals surface area contributed by atoms with E-state index in [0.717, 1.165) is 25.7 Å². The van der Waals surface area contributed by atoms with Gasteiger partial charge in [0, 0.05) is 6.04 Å². The van der Waals surface area contributed by atoms with Crippen molar-refractivity contribution in [2.45, 2.75) is 58.0 Å². The van der Waals surface area contributed by atoms with Gasteiger partial charge in [-0.05, 0) is 25.8 Å². The minimum Gasteiger partial charge on any atom is -0.478 e. The third-order valence-electron chi connectivity index (χ3n) is 3.81. The lowest BCUT2D eigenvalue weighted by molar-refractivity contribution is 0.0695. The number of carbonyl (C=O) groups excluding carboxylic acids is 1. The Labute approximate surface area is 123 Å². The van der Waals surface area contributed by atoms with Crippen LogP contribution in [0, 0.1) is 6.92 Å². The molecule has 1 heterocycles. The number of aryl methyl sites for hydroxylation is 1. The maximum atomic E-state index is 11.8. The van der Waals surface area contributed by atoms with E-state index < -0.39 is 5.97 Å². The number of carboxylic acid groups (broad SMARTS) is 1. The first-order valence-corrected chi connectivity index (χ1v) is 7.43. The fraction of sp³-hybridized carbons (Fsp3) is 0.600. The highest BCUT2D eigenvalue weighted by Gasteiger charge is 2.16. The molecule has 0 radical (unpaired) electrons. The fourth-order valence-corrected chi connectivity index (χ4v) is 2.67. The molecule has 6 nitrogen and oxygen atoms in total. The highest BCUT2D eigenvalue weighted by molar-refractivity contribution is 5.88. The minimum absolute atomic E-state index is 0.135. The summed E-state index contributed by atoms with van der Waals surface area (Å²) in [5, 5.41) is 14.6. The summed E-state index contributed by atoms with van der Waals surface area (Å²) in [4.78, 5) is 22.8. The second-order valence-corrected chi connectivity index (χ2v) is 5.50. The molecular weight excluding hydrogens is 272 g/mol. The minimum atomic E-state index is -1.02. The summed E-state index contributed by atoms with van der Waals surface area (Å²) in [5.41, 5.74) is 0.135. The van der Waals surface area contributed by atoms with Crippen LogP contribution in [-0.2, 0) is 6.54 Å². The lowest BCUT2D eigenvalue weighted by atomic mass is 10.1. The standard InChI is InChI=1S/C15H22N2O4/c1-10-13(14(18)19)8-12(21-10)9-16-15(20)17-11-6-4-2-3-5-7-11/h8,11H,2-7,9H2,1H3,(H,18,19)(H2,16,17,20). The summed E-state index contributed by atoms with van der Waals surface area (Å²) in [6.07, 6.45) is 6.84. The number of amides is 2. The Kier molecular flexibility index (Phi) is 5.25. The van der Waals surface area contributed by atoms with Crippen molar-refractivity contribution in [3.63, 3.8) is 0 Å². The molecule has 0 atom stereocenters. The average Bonchev–Trinajstić information content (AvgIpc) is 2.63. The lowest BCUT2D eigenvalue weighted by Gasteiger charge is -2.16. The summed E-state index contributed by atoms with van der Waals surface area (Å²) < 4.78 is 5.31. The van der Waals surface area contributed by atoms with Gasteiger partial charge in [0.25, 0.3) is 0 Å². The quantitative estimate of drug-likeness (QED) is 0.745. The van der Waals surface area contributed by atoms with Crippen molar-refractivity contribution in [1.82, 2.24) is 10.6 Å². The van der Waals surface area contributed by atoms with Crippen LogP contribution in [0.1, 0.15) is 60.4 Å². The number of hydrogen-bond acceptors (Lipinski definition) is 3. The Morgan fingerprint density at radius 1 is 1.29 bits per heavy atom. The van der Waals surface area contributed by atoms with E-state index in [9.17, 15) is 9.59 Å². The average molecular weight is 294 g/mol. The van der Waals surface area contributed by atoms with E-state index in [4.69, 9.17) is 9.52 Å². The van der Waals surface area contributed by atoms with Gasteiger partial charge in [0.05, 0.1) is 6.54 Å². The summed E-state index contributed by atoms with van der Waals surface area (Å²) in [7, 11) is 0. The molecule has 0 unspecified atom stereocenters. The first kappa shape index (κ1) is 15.4. The fourth-order valence-electron chi connectivity index (χ4n) is 2.67. The van der Waals surface area contributed by atoms with Crippen LogP contribution in [0.3, 0.4) is 0 Å². The number of nitrogens with one attached hydrogen (secondary N) is 2. The van der Waals surface area contributed by atoms with Gasteiger partial charge >= 0.3 is 12.0 Å². The number of carboxylic acids is 1. The van der Waals surface area contributed by atoms with Crippen LogP contribution in [0.15, 0.2) is 10.5 Å². The van der Waals surface area contributed by atoms with Gasteiger partial charge in [-0.15, -0.1) is 0 Å². The molecule has 0 spiro atoms. The molecule has 0 saturated heterocycles. The van der Waals surface area contributed by atoms with E-state index >= 15 is 0 Å². The number of aromatic carboxylic acids is 1. The van der Waals surface area contributed by atoms with Gasteiger partial charge in [-0.3, -0.25) is 0 Å². The molecule has 1 saturated carbocycles. The Balaban J connectivity index is 1.80. The second kappa shape index (κ2) is 7.15. The Hall–Kier alpha value is -1.98. The van der Waals surface area contributed by atoms with Gasteiger partial charge in [-0.1, -0.05) is 25.7 Å². The monoisotopic (exact) mass is 294 g/mol. The molecule has 0 bridgehead atoms. The predicted molar refractivity (Wildman–Crippen MR) is 77.3 cm³/mol. The zero-order valence-electron chi connectivity index (χ0n) is 12.3. The van der Waals surface area contributed by atoms with Gasteiger partial charge in [0.1, 0.15) is 17.1 Å². The van der Waals surface area contributed by atoms with Gasteiger partial charge in [-0.2, -0.15) is 0 Å². The number of furan rings is 1. The van der Waals surface area contributed by atoms with E-state index in [-0.39, 0.29) is 24.2 Å². The van der Waals surface area contributed by atoms with E-state index in [1.54, 1.807) is 6.92 Å². The van der Waals surface area contributed by atoms with Gasteiger partial charge in [0.15, 0.2) is 0 Å². The maximum Gasteiger partial charge on any atom is 0.339 e. The zero-order chi connectivity index (χ0) is 15.2. The van der Waals surface area contributed by atoms with Crippen LogP contribution in [-0.4, -0.2) is 23.1 Å². The van der Waals surface area contributed by atoms with Crippen molar-refractivity contribution < 1.29 is 19.1 Å². The molecule has 0 aromatic carbocycles. The summed E-state index contributed by atoms with van der Waals surface area (Å²) in [5.74, 6) is -0.227. The molecule has 1 aromatic rings. The molecule has 2 rings (SSSR count).